The third kappa shape index (κ3) is 5.54. The molecule has 0 saturated carbocycles. The Labute approximate surface area is 162 Å². The lowest BCUT2D eigenvalue weighted by Gasteiger charge is -2.33. The van der Waals surface area contributed by atoms with Crippen LogP contribution in [0.25, 0.3) is 0 Å². The van der Waals surface area contributed by atoms with Crippen LogP contribution in [0.4, 0.5) is 21.9 Å². The zero-order chi connectivity index (χ0) is 20.9. The first-order chi connectivity index (χ1) is 13.1. The average Bonchev–Trinajstić information content (AvgIpc) is 2.59. The second-order valence-electron chi connectivity index (χ2n) is 7.31. The Hall–Kier alpha value is -3.42. The van der Waals surface area contributed by atoms with Gasteiger partial charge in [0.1, 0.15) is 0 Å². The normalized spacial score (nSPS) is 11.0. The first-order valence-electron chi connectivity index (χ1n) is 8.74. The number of hydrogen-bond donors (Lipinski definition) is 2. The molecule has 28 heavy (non-hydrogen) atoms. The Morgan fingerprint density at radius 3 is 2.43 bits per heavy atom. The van der Waals surface area contributed by atoms with Gasteiger partial charge in [0, 0.05) is 35.5 Å². The number of non-ortho nitro benzene ring substituents is 1. The van der Waals surface area contributed by atoms with E-state index in [0.717, 1.165) is 0 Å². The molecule has 2 aromatic rings. The maximum absolute atomic E-state index is 12.2. The maximum atomic E-state index is 12.2. The minimum absolute atomic E-state index is 0.0125. The van der Waals surface area contributed by atoms with E-state index in [4.69, 9.17) is 0 Å². The summed E-state index contributed by atoms with van der Waals surface area (Å²) < 4.78 is 0. The number of amides is 2. The molecule has 2 aromatic carbocycles. The molecule has 0 aliphatic rings. The average molecular weight is 385 g/mol. The van der Waals surface area contributed by atoms with E-state index in [-0.39, 0.29) is 18.0 Å². The third-order valence-corrected chi connectivity index (χ3v) is 4.01. The number of carbonyl (C=O) groups is 2. The number of benzene rings is 2. The zero-order valence-electron chi connectivity index (χ0n) is 16.0. The van der Waals surface area contributed by atoms with Gasteiger partial charge in [-0.25, -0.2) is 4.79 Å². The molecular weight excluding hydrogens is 362 g/mol. The van der Waals surface area contributed by atoms with Crippen molar-refractivity contribution in [2.75, 3.05) is 10.2 Å². The van der Waals surface area contributed by atoms with Crippen LogP contribution in [0.5, 0.6) is 0 Å². The molecule has 8 heteroatoms. The summed E-state index contributed by atoms with van der Waals surface area (Å²) in [6, 6.07) is 12.8. The molecular formula is C20H23N3O5. The van der Waals surface area contributed by atoms with E-state index in [1.807, 2.05) is 0 Å². The van der Waals surface area contributed by atoms with Crippen molar-refractivity contribution in [3.63, 3.8) is 0 Å². The Morgan fingerprint density at radius 2 is 1.82 bits per heavy atom. The highest BCUT2D eigenvalue weighted by atomic mass is 16.6. The van der Waals surface area contributed by atoms with Gasteiger partial charge in [-0.05, 0) is 51.0 Å². The van der Waals surface area contributed by atoms with E-state index >= 15 is 0 Å². The minimum atomic E-state index is -1.08. The molecule has 2 N–H and O–H groups in total. The quantitative estimate of drug-likeness (QED) is 0.563. The van der Waals surface area contributed by atoms with Gasteiger partial charge in [-0.3, -0.25) is 19.8 Å². The monoisotopic (exact) mass is 385 g/mol. The lowest BCUT2D eigenvalue weighted by atomic mass is 10.1. The lowest BCUT2D eigenvalue weighted by molar-refractivity contribution is -0.384. The largest absolute Gasteiger partial charge is 0.465 e. The number of nitrogens with zero attached hydrogens (tertiary/aromatic N) is 2. The van der Waals surface area contributed by atoms with Crippen molar-refractivity contribution in [1.29, 1.82) is 0 Å². The highest BCUT2D eigenvalue weighted by Crippen LogP contribution is 2.26. The minimum Gasteiger partial charge on any atom is -0.465 e. The molecule has 2 rings (SSSR count). The van der Waals surface area contributed by atoms with Gasteiger partial charge in [0.15, 0.2) is 0 Å². The van der Waals surface area contributed by atoms with E-state index < -0.39 is 16.6 Å². The molecule has 0 fully saturated rings. The molecule has 0 unspecified atom stereocenters. The highest BCUT2D eigenvalue weighted by Gasteiger charge is 2.27. The fourth-order valence-electron chi connectivity index (χ4n) is 2.81. The summed E-state index contributed by atoms with van der Waals surface area (Å²) in [5.41, 5.74) is 0.981. The topological polar surface area (TPSA) is 113 Å². The van der Waals surface area contributed by atoms with E-state index in [2.05, 4.69) is 5.32 Å². The number of nitro benzene ring substituents is 1. The number of aryl methyl sites for hydroxylation is 1. The van der Waals surface area contributed by atoms with Crippen LogP contribution in [-0.4, -0.2) is 27.6 Å². The molecule has 0 aliphatic heterocycles. The Balaban J connectivity index is 2.05. The molecule has 0 saturated heterocycles. The van der Waals surface area contributed by atoms with Gasteiger partial charge in [0.2, 0.25) is 5.91 Å². The van der Waals surface area contributed by atoms with E-state index in [1.54, 1.807) is 57.2 Å². The summed E-state index contributed by atoms with van der Waals surface area (Å²) in [6.07, 6.45) is -0.578. The van der Waals surface area contributed by atoms with Gasteiger partial charge in [-0.1, -0.05) is 18.2 Å². The number of rotatable bonds is 6. The van der Waals surface area contributed by atoms with Crippen LogP contribution in [0.2, 0.25) is 0 Å². The number of nitrogens with one attached hydrogen (secondary N) is 1. The van der Waals surface area contributed by atoms with Gasteiger partial charge >= 0.3 is 6.09 Å². The Morgan fingerprint density at radius 1 is 1.14 bits per heavy atom. The second-order valence-corrected chi connectivity index (χ2v) is 7.31. The van der Waals surface area contributed by atoms with Crippen LogP contribution < -0.4 is 10.2 Å². The fraction of sp³-hybridized carbons (Fsp3) is 0.300. The molecule has 8 nitrogen and oxygen atoms in total. The molecule has 148 valence electrons. The number of hydrogen-bond acceptors (Lipinski definition) is 4. The third-order valence-electron chi connectivity index (χ3n) is 4.01. The first-order valence-corrected chi connectivity index (χ1v) is 8.74. The molecule has 0 atom stereocenters. The highest BCUT2D eigenvalue weighted by molar-refractivity contribution is 5.93. The number of anilines is 2. The summed E-state index contributed by atoms with van der Waals surface area (Å²) in [5.74, 6) is -0.263. The number of carbonyl (C=O) groups excluding carboxylic acids is 1. The zero-order valence-corrected chi connectivity index (χ0v) is 16.0. The predicted octanol–water partition coefficient (Wildman–Crippen LogP) is 4.45. The van der Waals surface area contributed by atoms with Crippen molar-refractivity contribution in [2.45, 2.75) is 39.2 Å². The van der Waals surface area contributed by atoms with Crippen molar-refractivity contribution < 1.29 is 19.6 Å². The van der Waals surface area contributed by atoms with Crippen molar-refractivity contribution >= 4 is 29.1 Å². The van der Waals surface area contributed by atoms with Crippen LogP contribution in [-0.2, 0) is 11.2 Å². The molecule has 0 aliphatic carbocycles. The molecule has 0 aromatic heterocycles. The molecule has 0 heterocycles. The van der Waals surface area contributed by atoms with E-state index in [1.165, 1.54) is 17.0 Å². The van der Waals surface area contributed by atoms with Crippen molar-refractivity contribution in [3.05, 3.63) is 64.2 Å². The summed E-state index contributed by atoms with van der Waals surface area (Å²) in [7, 11) is 0. The van der Waals surface area contributed by atoms with Crippen molar-refractivity contribution in [2.24, 2.45) is 0 Å². The first kappa shape index (κ1) is 20.9. The van der Waals surface area contributed by atoms with Crippen molar-refractivity contribution in [3.8, 4) is 0 Å². The molecule has 0 bridgehead atoms. The fourth-order valence-corrected chi connectivity index (χ4v) is 2.81. The van der Waals surface area contributed by atoms with Crippen LogP contribution >= 0.6 is 0 Å². The number of nitro groups is 1. The summed E-state index contributed by atoms with van der Waals surface area (Å²) in [5, 5.41) is 23.1. The maximum Gasteiger partial charge on any atom is 0.412 e. The predicted molar refractivity (Wildman–Crippen MR) is 107 cm³/mol. The smallest absolute Gasteiger partial charge is 0.412 e. The van der Waals surface area contributed by atoms with Crippen molar-refractivity contribution in [1.82, 2.24) is 0 Å². The second kappa shape index (κ2) is 8.51. The van der Waals surface area contributed by atoms with E-state index in [9.17, 15) is 24.8 Å². The number of carboxylic acid groups (broad SMARTS) is 1. The van der Waals surface area contributed by atoms with Crippen LogP contribution in [0, 0.1) is 10.1 Å². The van der Waals surface area contributed by atoms with Gasteiger partial charge < -0.3 is 10.4 Å². The van der Waals surface area contributed by atoms with Gasteiger partial charge in [-0.15, -0.1) is 0 Å². The molecule has 0 radical (unpaired) electrons. The van der Waals surface area contributed by atoms with E-state index in [0.29, 0.717) is 23.4 Å². The summed E-state index contributed by atoms with van der Waals surface area (Å²) in [4.78, 5) is 35.4. The molecule has 2 amide bonds. The van der Waals surface area contributed by atoms with Gasteiger partial charge in [0.05, 0.1) is 4.92 Å². The lowest BCUT2D eigenvalue weighted by Crippen LogP contribution is -2.45. The molecule has 0 spiro atoms. The van der Waals surface area contributed by atoms with Crippen LogP contribution in [0.15, 0.2) is 48.5 Å². The van der Waals surface area contributed by atoms with Gasteiger partial charge in [-0.2, -0.15) is 0 Å². The standard InChI is InChI=1S/C20H23N3O5/c1-20(2,3)22(19(25)26)16-8-5-7-15(13-16)21-18(24)11-10-14-6-4-9-17(12-14)23(27)28/h4-9,12-13H,10-11H2,1-3H3,(H,21,24)(H,25,26). The summed E-state index contributed by atoms with van der Waals surface area (Å²) >= 11 is 0. The SMILES string of the molecule is CC(C)(C)N(C(=O)O)c1cccc(NC(=O)CCc2cccc([N+](=O)[O-])c2)c1. The summed E-state index contributed by atoms with van der Waals surface area (Å²) in [6.45, 7) is 5.35. The van der Waals surface area contributed by atoms with Crippen LogP contribution in [0.1, 0.15) is 32.8 Å². The van der Waals surface area contributed by atoms with Gasteiger partial charge in [0.25, 0.3) is 5.69 Å². The van der Waals surface area contributed by atoms with Crippen LogP contribution in [0.3, 0.4) is 0 Å². The Kier molecular flexibility index (Phi) is 6.35. The Bertz CT molecular complexity index is 889.